The molecule has 0 radical (unpaired) electrons. The van der Waals surface area contributed by atoms with Crippen molar-refractivity contribution in [1.29, 1.82) is 0 Å². The monoisotopic (exact) mass is 168 g/mol. The van der Waals surface area contributed by atoms with Crippen LogP contribution < -0.4 is 4.74 Å². The molecule has 0 bridgehead atoms. The zero-order valence-corrected chi connectivity index (χ0v) is 6.68. The minimum absolute atomic E-state index is 0.126. The lowest BCUT2D eigenvalue weighted by Crippen LogP contribution is -2.21. The van der Waals surface area contributed by atoms with Crippen LogP contribution in [0.5, 0.6) is 5.75 Å². The molecule has 0 fully saturated rings. The molecule has 0 saturated heterocycles. The van der Waals surface area contributed by atoms with Crippen LogP contribution in [0.15, 0.2) is 30.3 Å². The molecule has 2 N–H and O–H groups in total. The molecule has 0 aliphatic rings. The van der Waals surface area contributed by atoms with Crippen molar-refractivity contribution in [1.82, 2.24) is 0 Å². The van der Waals surface area contributed by atoms with Gasteiger partial charge in [0.25, 0.3) is 0 Å². The van der Waals surface area contributed by atoms with Crippen LogP contribution in [0, 0.1) is 0 Å². The van der Waals surface area contributed by atoms with Gasteiger partial charge in [-0.1, -0.05) is 18.2 Å². The first-order valence-electron chi connectivity index (χ1n) is 3.79. The van der Waals surface area contributed by atoms with Crippen molar-refractivity contribution < 1.29 is 14.9 Å². The van der Waals surface area contributed by atoms with E-state index in [1.807, 2.05) is 18.2 Å². The molecule has 1 rings (SSSR count). The summed E-state index contributed by atoms with van der Waals surface area (Å²) in [5.41, 5.74) is 0. The van der Waals surface area contributed by atoms with E-state index in [2.05, 4.69) is 0 Å². The number of aliphatic hydroxyl groups is 2. The van der Waals surface area contributed by atoms with E-state index in [9.17, 15) is 0 Å². The predicted octanol–water partition coefficient (Wildman–Crippen LogP) is 0.419. The fraction of sp³-hybridized carbons (Fsp3) is 0.333. The van der Waals surface area contributed by atoms with Gasteiger partial charge in [0.2, 0.25) is 0 Å². The standard InChI is InChI=1S/C9H12O3/c10-6-8(11)7-12-9-4-2-1-3-5-9/h1-5,8,10-11H,6-7H2/t8-/m1/s1. The maximum absolute atomic E-state index is 8.94. The Bertz CT molecular complexity index is 210. The van der Waals surface area contributed by atoms with Crippen molar-refractivity contribution in [3.8, 4) is 5.75 Å². The molecular formula is C9H12O3. The second-order valence-electron chi connectivity index (χ2n) is 2.46. The molecule has 0 heterocycles. The SMILES string of the molecule is OC[C@@H](O)COc1ccccc1. The maximum Gasteiger partial charge on any atom is 0.119 e. The van der Waals surface area contributed by atoms with Crippen molar-refractivity contribution in [3.05, 3.63) is 30.3 Å². The van der Waals surface area contributed by atoms with E-state index in [1.54, 1.807) is 12.1 Å². The summed E-state index contributed by atoms with van der Waals surface area (Å²) in [5.74, 6) is 0.699. The number of benzene rings is 1. The van der Waals surface area contributed by atoms with Gasteiger partial charge in [0, 0.05) is 0 Å². The second kappa shape index (κ2) is 4.74. The van der Waals surface area contributed by atoms with Gasteiger partial charge in [0.15, 0.2) is 0 Å². The molecule has 0 saturated carbocycles. The number of aliphatic hydroxyl groups excluding tert-OH is 2. The fourth-order valence-electron chi connectivity index (χ4n) is 0.762. The maximum atomic E-state index is 8.94. The largest absolute Gasteiger partial charge is 0.491 e. The van der Waals surface area contributed by atoms with Crippen LogP contribution in [-0.2, 0) is 0 Å². The van der Waals surface area contributed by atoms with Gasteiger partial charge in [-0.25, -0.2) is 0 Å². The molecule has 1 atom stereocenters. The number of rotatable bonds is 4. The lowest BCUT2D eigenvalue weighted by atomic mass is 10.3. The Morgan fingerprint density at radius 3 is 2.50 bits per heavy atom. The van der Waals surface area contributed by atoms with E-state index in [4.69, 9.17) is 14.9 Å². The summed E-state index contributed by atoms with van der Waals surface area (Å²) in [7, 11) is 0. The van der Waals surface area contributed by atoms with E-state index in [0.717, 1.165) is 0 Å². The van der Waals surface area contributed by atoms with Crippen LogP contribution in [0.25, 0.3) is 0 Å². The first-order valence-corrected chi connectivity index (χ1v) is 3.79. The van der Waals surface area contributed by atoms with Gasteiger partial charge in [0.05, 0.1) is 6.61 Å². The topological polar surface area (TPSA) is 49.7 Å². The molecule has 0 amide bonds. The molecule has 3 nitrogen and oxygen atoms in total. The molecule has 0 spiro atoms. The Morgan fingerprint density at radius 1 is 1.25 bits per heavy atom. The molecule has 12 heavy (non-hydrogen) atoms. The molecule has 1 aromatic carbocycles. The Morgan fingerprint density at radius 2 is 1.92 bits per heavy atom. The van der Waals surface area contributed by atoms with E-state index in [-0.39, 0.29) is 13.2 Å². The minimum atomic E-state index is -0.801. The average molecular weight is 168 g/mol. The molecule has 0 unspecified atom stereocenters. The molecule has 0 aliphatic heterocycles. The Balaban J connectivity index is 2.33. The molecule has 3 heteroatoms. The molecule has 66 valence electrons. The Labute approximate surface area is 71.2 Å². The molecular weight excluding hydrogens is 156 g/mol. The normalized spacial score (nSPS) is 12.5. The van der Waals surface area contributed by atoms with Crippen molar-refractivity contribution >= 4 is 0 Å². The van der Waals surface area contributed by atoms with Gasteiger partial charge < -0.3 is 14.9 Å². The van der Waals surface area contributed by atoms with Gasteiger partial charge in [-0.2, -0.15) is 0 Å². The van der Waals surface area contributed by atoms with E-state index < -0.39 is 6.10 Å². The summed E-state index contributed by atoms with van der Waals surface area (Å²) in [4.78, 5) is 0. The van der Waals surface area contributed by atoms with E-state index in [0.29, 0.717) is 5.75 Å². The van der Waals surface area contributed by atoms with Crippen molar-refractivity contribution in [2.24, 2.45) is 0 Å². The van der Waals surface area contributed by atoms with Gasteiger partial charge in [0.1, 0.15) is 18.5 Å². The van der Waals surface area contributed by atoms with Crippen molar-refractivity contribution in [3.63, 3.8) is 0 Å². The molecule has 0 aliphatic carbocycles. The number of hydrogen-bond acceptors (Lipinski definition) is 3. The molecule has 1 aromatic rings. The Hall–Kier alpha value is -1.06. The van der Waals surface area contributed by atoms with Crippen LogP contribution in [0.3, 0.4) is 0 Å². The highest BCUT2D eigenvalue weighted by atomic mass is 16.5. The third kappa shape index (κ3) is 2.90. The summed E-state index contributed by atoms with van der Waals surface area (Å²) in [6.07, 6.45) is -0.801. The van der Waals surface area contributed by atoms with Gasteiger partial charge >= 0.3 is 0 Å². The average Bonchev–Trinajstić information content (AvgIpc) is 2.16. The van der Waals surface area contributed by atoms with Crippen molar-refractivity contribution in [2.75, 3.05) is 13.2 Å². The number of hydrogen-bond donors (Lipinski definition) is 2. The third-order valence-electron chi connectivity index (χ3n) is 1.40. The number of ether oxygens (including phenoxy) is 1. The highest BCUT2D eigenvalue weighted by Gasteiger charge is 2.01. The van der Waals surface area contributed by atoms with Gasteiger partial charge in [-0.3, -0.25) is 0 Å². The lowest BCUT2D eigenvalue weighted by molar-refractivity contribution is 0.0536. The van der Waals surface area contributed by atoms with Crippen LogP contribution in [0.4, 0.5) is 0 Å². The van der Waals surface area contributed by atoms with E-state index >= 15 is 0 Å². The Kier molecular flexibility index (Phi) is 3.57. The summed E-state index contributed by atoms with van der Waals surface area (Å²) >= 11 is 0. The first kappa shape index (κ1) is 9.03. The zero-order valence-electron chi connectivity index (χ0n) is 6.68. The smallest absolute Gasteiger partial charge is 0.119 e. The van der Waals surface area contributed by atoms with Crippen LogP contribution in [0.2, 0.25) is 0 Å². The second-order valence-corrected chi connectivity index (χ2v) is 2.46. The van der Waals surface area contributed by atoms with Gasteiger partial charge in [-0.05, 0) is 12.1 Å². The van der Waals surface area contributed by atoms with Crippen LogP contribution >= 0.6 is 0 Å². The van der Waals surface area contributed by atoms with E-state index in [1.165, 1.54) is 0 Å². The van der Waals surface area contributed by atoms with Crippen LogP contribution in [0.1, 0.15) is 0 Å². The summed E-state index contributed by atoms with van der Waals surface area (Å²) in [6, 6.07) is 9.17. The zero-order chi connectivity index (χ0) is 8.81. The highest BCUT2D eigenvalue weighted by Crippen LogP contribution is 2.08. The molecule has 0 aromatic heterocycles. The van der Waals surface area contributed by atoms with Gasteiger partial charge in [-0.15, -0.1) is 0 Å². The third-order valence-corrected chi connectivity index (χ3v) is 1.40. The summed E-state index contributed by atoms with van der Waals surface area (Å²) < 4.78 is 5.15. The predicted molar refractivity (Wildman–Crippen MR) is 45.0 cm³/mol. The first-order chi connectivity index (χ1) is 5.83. The van der Waals surface area contributed by atoms with Crippen LogP contribution in [-0.4, -0.2) is 29.5 Å². The number of para-hydroxylation sites is 1. The quantitative estimate of drug-likeness (QED) is 0.685. The minimum Gasteiger partial charge on any atom is -0.491 e. The summed E-state index contributed by atoms with van der Waals surface area (Å²) in [5, 5.41) is 17.4. The lowest BCUT2D eigenvalue weighted by Gasteiger charge is -2.08. The highest BCUT2D eigenvalue weighted by molar-refractivity contribution is 5.20. The fourth-order valence-corrected chi connectivity index (χ4v) is 0.762. The van der Waals surface area contributed by atoms with Crippen molar-refractivity contribution in [2.45, 2.75) is 6.10 Å². The summed E-state index contributed by atoms with van der Waals surface area (Å²) in [6.45, 7) is -0.145.